The number of carbonyl (C=O) groups excluding carboxylic acids is 1. The van der Waals surface area contributed by atoms with Crippen LogP contribution in [-0.4, -0.2) is 15.9 Å². The van der Waals surface area contributed by atoms with Gasteiger partial charge in [0.15, 0.2) is 5.16 Å². The minimum atomic E-state index is -0.500. The SMILES string of the molecule is Cc1ccccc1CSc1ncc(Br)c(C(=O)Nc2ccccc2F)n1. The predicted octanol–water partition coefficient (Wildman–Crippen LogP) is 5.23. The fourth-order valence-corrected chi connectivity index (χ4v) is 3.50. The van der Waals surface area contributed by atoms with Crippen LogP contribution in [0.5, 0.6) is 0 Å². The van der Waals surface area contributed by atoms with E-state index < -0.39 is 11.7 Å². The van der Waals surface area contributed by atoms with E-state index in [4.69, 9.17) is 0 Å². The highest BCUT2D eigenvalue weighted by Crippen LogP contribution is 2.24. The lowest BCUT2D eigenvalue weighted by Gasteiger charge is -2.09. The van der Waals surface area contributed by atoms with E-state index in [0.29, 0.717) is 15.4 Å². The van der Waals surface area contributed by atoms with Gasteiger partial charge in [0.2, 0.25) is 0 Å². The van der Waals surface area contributed by atoms with E-state index in [-0.39, 0.29) is 11.4 Å². The summed E-state index contributed by atoms with van der Waals surface area (Å²) in [6.07, 6.45) is 1.53. The van der Waals surface area contributed by atoms with Crippen molar-refractivity contribution in [3.63, 3.8) is 0 Å². The number of nitrogens with zero attached hydrogens (tertiary/aromatic N) is 2. The van der Waals surface area contributed by atoms with Gasteiger partial charge in [-0.1, -0.05) is 48.2 Å². The monoisotopic (exact) mass is 431 g/mol. The smallest absolute Gasteiger partial charge is 0.275 e. The van der Waals surface area contributed by atoms with Crippen LogP contribution < -0.4 is 5.32 Å². The minimum Gasteiger partial charge on any atom is -0.318 e. The third kappa shape index (κ3) is 4.47. The van der Waals surface area contributed by atoms with E-state index in [0.717, 1.165) is 0 Å². The highest BCUT2D eigenvalue weighted by atomic mass is 79.9. The van der Waals surface area contributed by atoms with E-state index in [1.54, 1.807) is 12.1 Å². The van der Waals surface area contributed by atoms with Gasteiger partial charge in [0.05, 0.1) is 10.2 Å². The first-order valence-corrected chi connectivity index (χ1v) is 9.58. The second-order valence-electron chi connectivity index (χ2n) is 5.50. The average molecular weight is 432 g/mol. The molecule has 0 aliphatic rings. The van der Waals surface area contributed by atoms with E-state index in [1.807, 2.05) is 31.2 Å². The third-order valence-electron chi connectivity index (χ3n) is 3.68. The molecule has 3 rings (SSSR count). The van der Waals surface area contributed by atoms with Crippen molar-refractivity contribution in [2.24, 2.45) is 0 Å². The Morgan fingerprint density at radius 3 is 2.69 bits per heavy atom. The number of benzene rings is 2. The summed E-state index contributed by atoms with van der Waals surface area (Å²) in [5.41, 5.74) is 2.64. The van der Waals surface area contributed by atoms with E-state index in [9.17, 15) is 9.18 Å². The van der Waals surface area contributed by atoms with Crippen LogP contribution in [-0.2, 0) is 5.75 Å². The summed E-state index contributed by atoms with van der Waals surface area (Å²) in [5, 5.41) is 3.02. The maximum absolute atomic E-state index is 13.7. The summed E-state index contributed by atoms with van der Waals surface area (Å²) >= 11 is 4.72. The Hall–Kier alpha value is -2.25. The van der Waals surface area contributed by atoms with Gasteiger partial charge in [-0.3, -0.25) is 4.79 Å². The molecule has 0 radical (unpaired) electrons. The number of hydrogen-bond acceptors (Lipinski definition) is 4. The molecule has 132 valence electrons. The summed E-state index contributed by atoms with van der Waals surface area (Å²) in [6.45, 7) is 2.05. The fourth-order valence-electron chi connectivity index (χ4n) is 2.24. The summed E-state index contributed by atoms with van der Waals surface area (Å²) in [7, 11) is 0. The van der Waals surface area contributed by atoms with Crippen molar-refractivity contribution in [1.29, 1.82) is 0 Å². The second kappa shape index (κ2) is 8.42. The maximum atomic E-state index is 13.7. The molecule has 26 heavy (non-hydrogen) atoms. The van der Waals surface area contributed by atoms with Crippen LogP contribution in [0.25, 0.3) is 0 Å². The van der Waals surface area contributed by atoms with Gasteiger partial charge in [-0.15, -0.1) is 0 Å². The molecule has 0 spiro atoms. The zero-order valence-electron chi connectivity index (χ0n) is 13.9. The Morgan fingerprint density at radius 1 is 1.19 bits per heavy atom. The Balaban J connectivity index is 1.76. The van der Waals surface area contributed by atoms with Gasteiger partial charge in [0.1, 0.15) is 11.5 Å². The van der Waals surface area contributed by atoms with Crippen LogP contribution >= 0.6 is 27.7 Å². The molecule has 2 aromatic carbocycles. The lowest BCUT2D eigenvalue weighted by molar-refractivity contribution is 0.102. The molecule has 0 atom stereocenters. The maximum Gasteiger partial charge on any atom is 0.275 e. The van der Waals surface area contributed by atoms with Crippen LogP contribution in [0.1, 0.15) is 21.6 Å². The molecule has 0 saturated carbocycles. The quantitative estimate of drug-likeness (QED) is 0.443. The summed E-state index contributed by atoms with van der Waals surface area (Å²) < 4.78 is 14.2. The zero-order valence-corrected chi connectivity index (χ0v) is 16.3. The van der Waals surface area contributed by atoms with Gasteiger partial charge in [0.25, 0.3) is 5.91 Å². The molecule has 0 aliphatic heterocycles. The number of aryl methyl sites for hydroxylation is 1. The Bertz CT molecular complexity index is 952. The average Bonchev–Trinajstić information content (AvgIpc) is 2.64. The van der Waals surface area contributed by atoms with Gasteiger partial charge in [0, 0.05) is 11.9 Å². The van der Waals surface area contributed by atoms with Crippen LogP contribution in [0.15, 0.2) is 64.4 Å². The number of hydrogen-bond donors (Lipinski definition) is 1. The van der Waals surface area contributed by atoms with Crippen molar-refractivity contribution in [1.82, 2.24) is 9.97 Å². The number of anilines is 1. The molecule has 0 saturated heterocycles. The first kappa shape index (κ1) is 18.5. The van der Waals surface area contributed by atoms with Gasteiger partial charge >= 0.3 is 0 Å². The predicted molar refractivity (Wildman–Crippen MR) is 105 cm³/mol. The normalized spacial score (nSPS) is 10.6. The highest BCUT2D eigenvalue weighted by Gasteiger charge is 2.16. The first-order valence-electron chi connectivity index (χ1n) is 7.80. The summed E-state index contributed by atoms with van der Waals surface area (Å²) in [5.74, 6) is -0.301. The van der Waals surface area contributed by atoms with E-state index in [2.05, 4.69) is 31.2 Å². The van der Waals surface area contributed by atoms with Gasteiger partial charge in [-0.05, 0) is 46.1 Å². The number of rotatable bonds is 5. The standard InChI is InChI=1S/C19H15BrFN3OS/c1-12-6-2-3-7-13(12)11-26-19-22-10-14(20)17(24-19)18(25)23-16-9-5-4-8-15(16)21/h2-10H,11H2,1H3,(H,23,25). The summed E-state index contributed by atoms with van der Waals surface area (Å²) in [4.78, 5) is 21.0. The van der Waals surface area contributed by atoms with Crippen molar-refractivity contribution in [2.45, 2.75) is 17.8 Å². The van der Waals surface area contributed by atoms with E-state index in [1.165, 1.54) is 41.2 Å². The van der Waals surface area contributed by atoms with Gasteiger partial charge in [-0.25, -0.2) is 14.4 Å². The molecule has 1 aromatic heterocycles. The lowest BCUT2D eigenvalue weighted by Crippen LogP contribution is -2.16. The molecule has 3 aromatic rings. The second-order valence-corrected chi connectivity index (χ2v) is 7.30. The van der Waals surface area contributed by atoms with E-state index >= 15 is 0 Å². The third-order valence-corrected chi connectivity index (χ3v) is 5.17. The van der Waals surface area contributed by atoms with Crippen molar-refractivity contribution in [3.8, 4) is 0 Å². The summed E-state index contributed by atoms with van der Waals surface area (Å²) in [6, 6.07) is 14.1. The molecule has 4 nitrogen and oxygen atoms in total. The van der Waals surface area contributed by atoms with Crippen molar-refractivity contribution < 1.29 is 9.18 Å². The van der Waals surface area contributed by atoms with Crippen molar-refractivity contribution in [2.75, 3.05) is 5.32 Å². The molecular weight excluding hydrogens is 417 g/mol. The van der Waals surface area contributed by atoms with Crippen LogP contribution in [0.4, 0.5) is 10.1 Å². The number of nitrogens with one attached hydrogen (secondary N) is 1. The Labute approximate surface area is 163 Å². The number of aromatic nitrogens is 2. The zero-order chi connectivity index (χ0) is 18.5. The van der Waals surface area contributed by atoms with Crippen LogP contribution in [0.2, 0.25) is 0 Å². The molecule has 0 unspecified atom stereocenters. The van der Waals surface area contributed by atoms with Crippen molar-refractivity contribution >= 4 is 39.3 Å². The topological polar surface area (TPSA) is 54.9 Å². The fraction of sp³-hybridized carbons (Fsp3) is 0.105. The largest absolute Gasteiger partial charge is 0.318 e. The minimum absolute atomic E-state index is 0.108. The molecular formula is C19H15BrFN3OS. The van der Waals surface area contributed by atoms with Crippen LogP contribution in [0.3, 0.4) is 0 Å². The molecule has 7 heteroatoms. The number of carbonyl (C=O) groups is 1. The first-order chi connectivity index (χ1) is 12.5. The molecule has 1 heterocycles. The molecule has 0 aliphatic carbocycles. The molecule has 0 bridgehead atoms. The van der Waals surface area contributed by atoms with Crippen LogP contribution in [0, 0.1) is 12.7 Å². The number of amides is 1. The Kier molecular flexibility index (Phi) is 6.00. The molecule has 1 amide bonds. The Morgan fingerprint density at radius 2 is 1.92 bits per heavy atom. The van der Waals surface area contributed by atoms with Crippen molar-refractivity contribution in [3.05, 3.63) is 81.8 Å². The highest BCUT2D eigenvalue weighted by molar-refractivity contribution is 9.10. The lowest BCUT2D eigenvalue weighted by atomic mass is 10.1. The number of para-hydroxylation sites is 1. The molecule has 1 N–H and O–H groups in total. The van der Waals surface area contributed by atoms with Gasteiger partial charge in [-0.2, -0.15) is 0 Å². The number of halogens is 2. The number of thioether (sulfide) groups is 1. The molecule has 0 fully saturated rings. The van der Waals surface area contributed by atoms with Gasteiger partial charge < -0.3 is 5.32 Å².